The summed E-state index contributed by atoms with van der Waals surface area (Å²) in [6.45, 7) is 1.96. The van der Waals surface area contributed by atoms with Crippen molar-refractivity contribution in [3.05, 3.63) is 48.5 Å². The van der Waals surface area contributed by atoms with E-state index in [2.05, 4.69) is 34.5 Å². The third kappa shape index (κ3) is 3.87. The molecule has 0 aromatic heterocycles. The van der Waals surface area contributed by atoms with Crippen LogP contribution in [0.4, 0.5) is 11.4 Å². The monoisotopic (exact) mass is 330 g/mol. The van der Waals surface area contributed by atoms with Gasteiger partial charge in [0.25, 0.3) is 0 Å². The SMILES string of the molecule is OCCCNC[C@@H](O)CN1c2ccccc2Sc2ccccc21. The van der Waals surface area contributed by atoms with Crippen LogP contribution in [0.1, 0.15) is 6.42 Å². The van der Waals surface area contributed by atoms with Crippen LogP contribution in [0.25, 0.3) is 0 Å². The van der Waals surface area contributed by atoms with E-state index < -0.39 is 6.10 Å². The molecular formula is C18H22N2O2S. The standard InChI is InChI=1S/C18H22N2O2S/c21-11-5-10-19-12-14(22)13-20-15-6-1-3-8-17(15)23-18-9-4-2-7-16(18)20/h1-4,6-9,14,19,21-22H,5,10-13H2/t14-/m1/s1. The first kappa shape index (κ1) is 16.3. The molecule has 0 saturated carbocycles. The van der Waals surface area contributed by atoms with Crippen LogP contribution in [-0.4, -0.2) is 42.6 Å². The van der Waals surface area contributed by atoms with Gasteiger partial charge in [0, 0.05) is 22.9 Å². The molecule has 0 bridgehead atoms. The minimum absolute atomic E-state index is 0.174. The lowest BCUT2D eigenvalue weighted by Gasteiger charge is -2.34. The Labute approximate surface area is 141 Å². The predicted molar refractivity (Wildman–Crippen MR) is 94.6 cm³/mol. The van der Waals surface area contributed by atoms with Crippen LogP contribution in [0.2, 0.25) is 0 Å². The summed E-state index contributed by atoms with van der Waals surface area (Å²) in [6, 6.07) is 16.6. The van der Waals surface area contributed by atoms with E-state index in [4.69, 9.17) is 5.11 Å². The fourth-order valence-corrected chi connectivity index (χ4v) is 3.82. The summed E-state index contributed by atoms with van der Waals surface area (Å²) >= 11 is 1.77. The summed E-state index contributed by atoms with van der Waals surface area (Å²) in [7, 11) is 0. The molecular weight excluding hydrogens is 308 g/mol. The van der Waals surface area contributed by atoms with E-state index in [-0.39, 0.29) is 6.61 Å². The van der Waals surface area contributed by atoms with Gasteiger partial charge in [0.05, 0.1) is 24.0 Å². The second-order valence-corrected chi connectivity index (χ2v) is 6.67. The van der Waals surface area contributed by atoms with Crippen molar-refractivity contribution in [3.8, 4) is 0 Å². The average molecular weight is 330 g/mol. The van der Waals surface area contributed by atoms with Crippen molar-refractivity contribution in [2.75, 3.05) is 31.1 Å². The molecule has 3 N–H and O–H groups in total. The summed E-state index contributed by atoms with van der Waals surface area (Å²) in [4.78, 5) is 4.62. The van der Waals surface area contributed by atoms with Gasteiger partial charge in [0.2, 0.25) is 0 Å². The number of hydrogen-bond acceptors (Lipinski definition) is 5. The van der Waals surface area contributed by atoms with Gasteiger partial charge in [0.1, 0.15) is 0 Å². The van der Waals surface area contributed by atoms with E-state index in [1.54, 1.807) is 11.8 Å². The normalized spacial score (nSPS) is 14.3. The number of fused-ring (bicyclic) bond motifs is 2. The molecule has 5 heteroatoms. The first-order valence-electron chi connectivity index (χ1n) is 7.92. The second-order valence-electron chi connectivity index (χ2n) is 5.58. The highest BCUT2D eigenvalue weighted by Gasteiger charge is 2.24. The molecule has 3 rings (SSSR count). The van der Waals surface area contributed by atoms with E-state index >= 15 is 0 Å². The van der Waals surface area contributed by atoms with Crippen molar-refractivity contribution in [2.45, 2.75) is 22.3 Å². The van der Waals surface area contributed by atoms with E-state index in [0.29, 0.717) is 19.5 Å². The largest absolute Gasteiger partial charge is 0.396 e. The molecule has 1 aliphatic heterocycles. The number of anilines is 2. The summed E-state index contributed by atoms with van der Waals surface area (Å²) in [6.07, 6.45) is 0.233. The fraction of sp³-hybridized carbons (Fsp3) is 0.333. The molecule has 0 fully saturated rings. The molecule has 0 radical (unpaired) electrons. The minimum atomic E-state index is -0.474. The summed E-state index contributed by atoms with van der Waals surface area (Å²) in [5, 5.41) is 22.4. The van der Waals surface area contributed by atoms with E-state index in [9.17, 15) is 5.11 Å². The maximum Gasteiger partial charge on any atom is 0.0843 e. The van der Waals surface area contributed by atoms with Gasteiger partial charge in [-0.05, 0) is 37.2 Å². The molecule has 23 heavy (non-hydrogen) atoms. The molecule has 0 unspecified atom stereocenters. The minimum Gasteiger partial charge on any atom is -0.396 e. The van der Waals surface area contributed by atoms with E-state index in [1.807, 2.05) is 24.3 Å². The van der Waals surface area contributed by atoms with E-state index in [1.165, 1.54) is 9.79 Å². The van der Waals surface area contributed by atoms with Crippen molar-refractivity contribution in [1.82, 2.24) is 5.32 Å². The highest BCUT2D eigenvalue weighted by Crippen LogP contribution is 2.47. The lowest BCUT2D eigenvalue weighted by molar-refractivity contribution is 0.177. The van der Waals surface area contributed by atoms with Crippen molar-refractivity contribution in [3.63, 3.8) is 0 Å². The number of nitrogens with one attached hydrogen (secondary N) is 1. The Bertz CT molecular complexity index is 605. The number of hydrogen-bond donors (Lipinski definition) is 3. The van der Waals surface area contributed by atoms with Gasteiger partial charge >= 0.3 is 0 Å². The van der Waals surface area contributed by atoms with Crippen molar-refractivity contribution < 1.29 is 10.2 Å². The third-order valence-electron chi connectivity index (χ3n) is 3.82. The summed E-state index contributed by atoms with van der Waals surface area (Å²) in [5.41, 5.74) is 2.29. The Morgan fingerprint density at radius 1 is 1.00 bits per heavy atom. The number of aliphatic hydroxyl groups excluding tert-OH is 2. The molecule has 2 aromatic carbocycles. The summed E-state index contributed by atoms with van der Waals surface area (Å²) in [5.74, 6) is 0. The molecule has 0 aliphatic carbocycles. The number of rotatable bonds is 7. The number of benzene rings is 2. The fourth-order valence-electron chi connectivity index (χ4n) is 2.73. The molecule has 0 amide bonds. The van der Waals surface area contributed by atoms with Crippen molar-refractivity contribution in [1.29, 1.82) is 0 Å². The third-order valence-corrected chi connectivity index (χ3v) is 4.95. The Balaban J connectivity index is 1.76. The van der Waals surface area contributed by atoms with Crippen LogP contribution >= 0.6 is 11.8 Å². The zero-order chi connectivity index (χ0) is 16.1. The highest BCUT2D eigenvalue weighted by molar-refractivity contribution is 7.99. The van der Waals surface area contributed by atoms with Crippen LogP contribution < -0.4 is 10.2 Å². The molecule has 1 heterocycles. The number of aliphatic hydroxyl groups is 2. The molecule has 4 nitrogen and oxygen atoms in total. The first-order valence-corrected chi connectivity index (χ1v) is 8.74. The molecule has 0 saturated heterocycles. The zero-order valence-corrected chi connectivity index (χ0v) is 13.8. The lowest BCUT2D eigenvalue weighted by atomic mass is 10.2. The van der Waals surface area contributed by atoms with Gasteiger partial charge < -0.3 is 20.4 Å². The van der Waals surface area contributed by atoms with Gasteiger partial charge in [0.15, 0.2) is 0 Å². The Hall–Kier alpha value is -1.53. The predicted octanol–water partition coefficient (Wildman–Crippen LogP) is 2.62. The van der Waals surface area contributed by atoms with Crippen molar-refractivity contribution >= 4 is 23.1 Å². The number of nitrogens with zero attached hydrogens (tertiary/aromatic N) is 1. The Morgan fingerprint density at radius 3 is 2.22 bits per heavy atom. The number of para-hydroxylation sites is 2. The van der Waals surface area contributed by atoms with Crippen LogP contribution in [0, 0.1) is 0 Å². The maximum absolute atomic E-state index is 10.4. The van der Waals surface area contributed by atoms with Gasteiger partial charge in [-0.15, -0.1) is 0 Å². The first-order chi connectivity index (χ1) is 11.3. The molecule has 122 valence electrons. The second kappa shape index (κ2) is 7.84. The smallest absolute Gasteiger partial charge is 0.0843 e. The average Bonchev–Trinajstić information content (AvgIpc) is 2.58. The van der Waals surface area contributed by atoms with Crippen LogP contribution in [0.5, 0.6) is 0 Å². The van der Waals surface area contributed by atoms with Crippen LogP contribution in [-0.2, 0) is 0 Å². The highest BCUT2D eigenvalue weighted by atomic mass is 32.2. The Kier molecular flexibility index (Phi) is 5.56. The Morgan fingerprint density at radius 2 is 1.61 bits per heavy atom. The van der Waals surface area contributed by atoms with Crippen LogP contribution in [0.3, 0.4) is 0 Å². The topological polar surface area (TPSA) is 55.7 Å². The van der Waals surface area contributed by atoms with Crippen LogP contribution in [0.15, 0.2) is 58.3 Å². The quantitative estimate of drug-likeness (QED) is 0.682. The van der Waals surface area contributed by atoms with Gasteiger partial charge in [-0.1, -0.05) is 36.0 Å². The van der Waals surface area contributed by atoms with E-state index in [0.717, 1.165) is 17.9 Å². The van der Waals surface area contributed by atoms with Gasteiger partial charge in [-0.3, -0.25) is 0 Å². The van der Waals surface area contributed by atoms with Gasteiger partial charge in [-0.25, -0.2) is 0 Å². The maximum atomic E-state index is 10.4. The molecule has 1 atom stereocenters. The lowest BCUT2D eigenvalue weighted by Crippen LogP contribution is -2.37. The number of β-amino-alcohol motifs (C(OH)–C–C–N with tert-alkyl or cyclic N) is 1. The van der Waals surface area contributed by atoms with Crippen molar-refractivity contribution in [2.24, 2.45) is 0 Å². The summed E-state index contributed by atoms with van der Waals surface area (Å²) < 4.78 is 0. The zero-order valence-electron chi connectivity index (χ0n) is 13.0. The van der Waals surface area contributed by atoms with Gasteiger partial charge in [-0.2, -0.15) is 0 Å². The molecule has 0 spiro atoms. The molecule has 2 aromatic rings. The molecule has 1 aliphatic rings.